The number of carbonyl (C=O) groups excluding carboxylic acids is 1. The molecule has 0 aliphatic carbocycles. The van der Waals surface area contributed by atoms with Gasteiger partial charge in [0, 0.05) is 39.4 Å². The van der Waals surface area contributed by atoms with Gasteiger partial charge in [0.2, 0.25) is 0 Å². The molecule has 0 aliphatic rings. The molecule has 2 rings (SSSR count). The maximum atomic E-state index is 11.9. The van der Waals surface area contributed by atoms with E-state index in [0.29, 0.717) is 22.9 Å². The molecule has 1 amide bonds. The molecule has 1 aromatic carbocycles. The van der Waals surface area contributed by atoms with Crippen molar-refractivity contribution in [1.29, 1.82) is 0 Å². The van der Waals surface area contributed by atoms with Crippen molar-refractivity contribution in [2.45, 2.75) is 0 Å². The average Bonchev–Trinajstić information content (AvgIpc) is 2.67. The Morgan fingerprint density at radius 2 is 2.17 bits per heavy atom. The van der Waals surface area contributed by atoms with Crippen molar-refractivity contribution >= 4 is 43.8 Å². The predicted molar refractivity (Wildman–Crippen MR) is 77.5 cm³/mol. The van der Waals surface area contributed by atoms with Gasteiger partial charge in [-0.3, -0.25) is 9.00 Å². The van der Waals surface area contributed by atoms with Gasteiger partial charge < -0.3 is 11.1 Å². The van der Waals surface area contributed by atoms with Crippen molar-refractivity contribution in [1.82, 2.24) is 5.32 Å². The molecule has 3 N–H and O–H groups in total. The van der Waals surface area contributed by atoms with E-state index in [9.17, 15) is 9.00 Å². The van der Waals surface area contributed by atoms with Gasteiger partial charge in [-0.2, -0.15) is 0 Å². The number of rotatable bonds is 4. The van der Waals surface area contributed by atoms with Crippen LogP contribution in [0, 0.1) is 0 Å². The summed E-state index contributed by atoms with van der Waals surface area (Å²) >= 11 is 1.38. The SMILES string of the molecule is CS(=O)CCNC(=O)c1sc2ccccc2c1N. The molecule has 0 saturated carbocycles. The first-order chi connectivity index (χ1) is 8.59. The molecule has 1 aromatic heterocycles. The van der Waals surface area contributed by atoms with Gasteiger partial charge in [0.15, 0.2) is 0 Å². The lowest BCUT2D eigenvalue weighted by molar-refractivity contribution is 0.0961. The molecule has 1 atom stereocenters. The summed E-state index contributed by atoms with van der Waals surface area (Å²) < 4.78 is 11.9. The molecule has 0 aliphatic heterocycles. The number of anilines is 1. The molecule has 4 nitrogen and oxygen atoms in total. The van der Waals surface area contributed by atoms with Gasteiger partial charge in [-0.25, -0.2) is 0 Å². The van der Waals surface area contributed by atoms with E-state index in [-0.39, 0.29) is 5.91 Å². The minimum absolute atomic E-state index is 0.195. The fraction of sp³-hybridized carbons (Fsp3) is 0.250. The molecule has 1 unspecified atom stereocenters. The number of thiophene rings is 1. The first-order valence-corrected chi connectivity index (χ1v) is 7.99. The maximum absolute atomic E-state index is 11.9. The molecule has 0 spiro atoms. The van der Waals surface area contributed by atoms with E-state index in [2.05, 4.69) is 5.32 Å². The Kier molecular flexibility index (Phi) is 3.98. The minimum atomic E-state index is -0.901. The van der Waals surface area contributed by atoms with E-state index in [4.69, 9.17) is 5.73 Å². The highest BCUT2D eigenvalue weighted by Gasteiger charge is 2.15. The number of hydrogen-bond donors (Lipinski definition) is 2. The minimum Gasteiger partial charge on any atom is -0.397 e. The summed E-state index contributed by atoms with van der Waals surface area (Å²) in [5.41, 5.74) is 6.48. The zero-order valence-electron chi connectivity index (χ0n) is 9.93. The van der Waals surface area contributed by atoms with Crippen LogP contribution in [0.4, 0.5) is 5.69 Å². The highest BCUT2D eigenvalue weighted by molar-refractivity contribution is 7.84. The largest absolute Gasteiger partial charge is 0.397 e. The van der Waals surface area contributed by atoms with Crippen molar-refractivity contribution in [2.75, 3.05) is 24.3 Å². The van der Waals surface area contributed by atoms with Crippen molar-refractivity contribution < 1.29 is 9.00 Å². The Labute approximate surface area is 112 Å². The first-order valence-electron chi connectivity index (χ1n) is 5.45. The van der Waals surface area contributed by atoms with Crippen LogP contribution in [0.2, 0.25) is 0 Å². The topological polar surface area (TPSA) is 72.2 Å². The lowest BCUT2D eigenvalue weighted by Gasteiger charge is -2.02. The van der Waals surface area contributed by atoms with Gasteiger partial charge in [-0.1, -0.05) is 18.2 Å². The molecule has 96 valence electrons. The van der Waals surface area contributed by atoms with Crippen LogP contribution in [0.1, 0.15) is 9.67 Å². The average molecular weight is 282 g/mol. The second-order valence-electron chi connectivity index (χ2n) is 3.87. The number of nitrogens with one attached hydrogen (secondary N) is 1. The van der Waals surface area contributed by atoms with Crippen LogP contribution in [-0.2, 0) is 10.8 Å². The normalized spacial score (nSPS) is 12.5. The Hall–Kier alpha value is -1.40. The molecule has 2 aromatic rings. The molecule has 0 saturated heterocycles. The van der Waals surface area contributed by atoms with Crippen molar-refractivity contribution in [3.8, 4) is 0 Å². The first kappa shape index (κ1) is 13.0. The van der Waals surface area contributed by atoms with Crippen LogP contribution in [0.3, 0.4) is 0 Å². The predicted octanol–water partition coefficient (Wildman–Crippen LogP) is 1.59. The molecule has 0 bridgehead atoms. The molecule has 6 heteroatoms. The summed E-state index contributed by atoms with van der Waals surface area (Å²) in [5.74, 6) is 0.260. The zero-order valence-corrected chi connectivity index (χ0v) is 11.6. The number of fused-ring (bicyclic) bond motifs is 1. The highest BCUT2D eigenvalue weighted by Crippen LogP contribution is 2.33. The fourth-order valence-electron chi connectivity index (χ4n) is 1.62. The Morgan fingerprint density at radius 1 is 1.44 bits per heavy atom. The van der Waals surface area contributed by atoms with Crippen LogP contribution in [0.25, 0.3) is 10.1 Å². The second kappa shape index (κ2) is 5.49. The fourth-order valence-corrected chi connectivity index (χ4v) is 3.05. The summed E-state index contributed by atoms with van der Waals surface area (Å²) in [4.78, 5) is 12.5. The van der Waals surface area contributed by atoms with E-state index in [1.54, 1.807) is 6.26 Å². The van der Waals surface area contributed by atoms with Gasteiger partial charge >= 0.3 is 0 Å². The van der Waals surface area contributed by atoms with Gasteiger partial charge in [0.05, 0.1) is 5.69 Å². The number of carbonyl (C=O) groups is 1. The number of amides is 1. The summed E-state index contributed by atoms with van der Waals surface area (Å²) in [5, 5.41) is 3.64. The van der Waals surface area contributed by atoms with E-state index in [1.165, 1.54) is 11.3 Å². The Balaban J connectivity index is 2.17. The van der Waals surface area contributed by atoms with Gasteiger partial charge in [-0.15, -0.1) is 11.3 Å². The standard InChI is InChI=1S/C12H14N2O2S2/c1-18(16)7-6-14-12(15)11-10(13)8-4-2-3-5-9(8)17-11/h2-5H,6-7,13H2,1H3,(H,14,15). The molecular formula is C12H14N2O2S2. The third kappa shape index (κ3) is 2.70. The van der Waals surface area contributed by atoms with Gasteiger partial charge in [0.1, 0.15) is 4.88 Å². The lowest BCUT2D eigenvalue weighted by atomic mass is 10.2. The van der Waals surface area contributed by atoms with E-state index >= 15 is 0 Å². The smallest absolute Gasteiger partial charge is 0.263 e. The summed E-state index contributed by atoms with van der Waals surface area (Å²) in [6, 6.07) is 7.65. The van der Waals surface area contributed by atoms with Crippen LogP contribution in [0.5, 0.6) is 0 Å². The van der Waals surface area contributed by atoms with Crippen LogP contribution < -0.4 is 11.1 Å². The van der Waals surface area contributed by atoms with E-state index < -0.39 is 10.8 Å². The lowest BCUT2D eigenvalue weighted by Crippen LogP contribution is -2.27. The highest BCUT2D eigenvalue weighted by atomic mass is 32.2. The van der Waals surface area contributed by atoms with Crippen LogP contribution in [0.15, 0.2) is 24.3 Å². The molecular weight excluding hydrogens is 268 g/mol. The molecule has 0 radical (unpaired) electrons. The zero-order chi connectivity index (χ0) is 13.1. The van der Waals surface area contributed by atoms with Crippen molar-refractivity contribution in [3.05, 3.63) is 29.1 Å². The maximum Gasteiger partial charge on any atom is 0.263 e. The molecule has 18 heavy (non-hydrogen) atoms. The second-order valence-corrected chi connectivity index (χ2v) is 6.48. The molecule has 1 heterocycles. The quantitative estimate of drug-likeness (QED) is 0.894. The summed E-state index contributed by atoms with van der Waals surface area (Å²) in [6.45, 7) is 0.398. The number of nitrogens with two attached hydrogens (primary N) is 1. The van der Waals surface area contributed by atoms with Crippen molar-refractivity contribution in [2.24, 2.45) is 0 Å². The molecule has 0 fully saturated rings. The monoisotopic (exact) mass is 282 g/mol. The number of hydrogen-bond acceptors (Lipinski definition) is 4. The van der Waals surface area contributed by atoms with Crippen molar-refractivity contribution in [3.63, 3.8) is 0 Å². The third-order valence-corrected chi connectivity index (χ3v) is 4.48. The Morgan fingerprint density at radius 3 is 2.83 bits per heavy atom. The third-order valence-electron chi connectivity index (χ3n) is 2.52. The number of nitrogen functional groups attached to an aromatic ring is 1. The summed E-state index contributed by atoms with van der Waals surface area (Å²) in [6.07, 6.45) is 1.61. The van der Waals surface area contributed by atoms with Crippen LogP contribution in [-0.4, -0.2) is 28.7 Å². The summed E-state index contributed by atoms with van der Waals surface area (Å²) in [7, 11) is -0.901. The van der Waals surface area contributed by atoms with Gasteiger partial charge in [-0.05, 0) is 6.07 Å². The van der Waals surface area contributed by atoms with Crippen LogP contribution >= 0.6 is 11.3 Å². The van der Waals surface area contributed by atoms with E-state index in [0.717, 1.165) is 10.1 Å². The van der Waals surface area contributed by atoms with E-state index in [1.807, 2.05) is 24.3 Å². The Bertz CT molecular complexity index is 607. The number of benzene rings is 1. The van der Waals surface area contributed by atoms with Gasteiger partial charge in [0.25, 0.3) is 5.91 Å².